The fourth-order valence-electron chi connectivity index (χ4n) is 2.94. The summed E-state index contributed by atoms with van der Waals surface area (Å²) in [7, 11) is -1.07. The summed E-state index contributed by atoms with van der Waals surface area (Å²) in [5.41, 5.74) is 8.92. The van der Waals surface area contributed by atoms with Crippen LogP contribution >= 0.6 is 15.9 Å². The second kappa shape index (κ2) is 6.42. The normalized spacial score (nSPS) is 23.1. The van der Waals surface area contributed by atoms with Crippen molar-refractivity contribution in [2.75, 3.05) is 0 Å². The second-order valence-electron chi connectivity index (χ2n) is 5.41. The van der Waals surface area contributed by atoms with Gasteiger partial charge in [-0.1, -0.05) is 40.2 Å². The van der Waals surface area contributed by atoms with Crippen LogP contribution in [0.3, 0.4) is 0 Å². The molecule has 0 heterocycles. The van der Waals surface area contributed by atoms with Gasteiger partial charge >= 0.3 is 0 Å². The Labute approximate surface area is 136 Å². The number of fused-ring (bicyclic) bond motifs is 1. The van der Waals surface area contributed by atoms with Crippen LogP contribution in [0.4, 0.5) is 0 Å². The van der Waals surface area contributed by atoms with Gasteiger partial charge in [0.25, 0.3) is 0 Å². The standard InChI is InChI=1S/C17H18BrNOS/c18-13-8-10-14(11-9-13)21(20)16-7-3-5-12-4-1-2-6-15(12)17(16)19/h1-2,4,6,8-11,16-17H,3,5,7,19H2. The molecule has 1 aliphatic rings. The molecule has 4 heteroatoms. The van der Waals surface area contributed by atoms with Gasteiger partial charge in [-0.25, -0.2) is 0 Å². The van der Waals surface area contributed by atoms with Crippen molar-refractivity contribution < 1.29 is 4.21 Å². The Balaban J connectivity index is 1.91. The van der Waals surface area contributed by atoms with E-state index < -0.39 is 10.8 Å². The van der Waals surface area contributed by atoms with E-state index in [9.17, 15) is 4.21 Å². The van der Waals surface area contributed by atoms with E-state index >= 15 is 0 Å². The van der Waals surface area contributed by atoms with Crippen molar-refractivity contribution in [3.8, 4) is 0 Å². The lowest BCUT2D eigenvalue weighted by Crippen LogP contribution is -2.29. The van der Waals surface area contributed by atoms with Crippen LogP contribution < -0.4 is 5.73 Å². The van der Waals surface area contributed by atoms with Gasteiger partial charge in [0, 0.05) is 15.4 Å². The summed E-state index contributed by atoms with van der Waals surface area (Å²) in [6, 6.07) is 15.8. The third kappa shape index (κ3) is 3.12. The highest BCUT2D eigenvalue weighted by atomic mass is 79.9. The molecule has 0 radical (unpaired) electrons. The Kier molecular flexibility index (Phi) is 4.57. The first-order valence-electron chi connectivity index (χ1n) is 7.16. The minimum atomic E-state index is -1.07. The van der Waals surface area contributed by atoms with Gasteiger partial charge in [0.1, 0.15) is 0 Å². The summed E-state index contributed by atoms with van der Waals surface area (Å²) in [6.07, 6.45) is 2.97. The zero-order valence-corrected chi connectivity index (χ0v) is 14.1. The first-order chi connectivity index (χ1) is 10.2. The van der Waals surface area contributed by atoms with Crippen LogP contribution in [0.5, 0.6) is 0 Å². The number of hydrogen-bond donors (Lipinski definition) is 1. The molecule has 3 atom stereocenters. The Morgan fingerprint density at radius 1 is 1.10 bits per heavy atom. The number of aryl methyl sites for hydroxylation is 1. The maximum Gasteiger partial charge on any atom is 0.0587 e. The van der Waals surface area contributed by atoms with E-state index in [1.165, 1.54) is 5.56 Å². The number of benzene rings is 2. The molecule has 2 aromatic carbocycles. The third-order valence-electron chi connectivity index (χ3n) is 4.07. The predicted octanol–water partition coefficient (Wildman–Crippen LogP) is 3.96. The molecule has 1 aliphatic carbocycles. The number of halogens is 1. The smallest absolute Gasteiger partial charge is 0.0587 e. The fourth-order valence-corrected chi connectivity index (χ4v) is 4.76. The minimum Gasteiger partial charge on any atom is -0.323 e. The van der Waals surface area contributed by atoms with Crippen LogP contribution in [0.25, 0.3) is 0 Å². The molecule has 0 spiro atoms. The van der Waals surface area contributed by atoms with Gasteiger partial charge in [0.15, 0.2) is 0 Å². The highest BCUT2D eigenvalue weighted by Crippen LogP contribution is 2.32. The van der Waals surface area contributed by atoms with Crippen LogP contribution in [-0.4, -0.2) is 9.46 Å². The molecule has 0 saturated carbocycles. The van der Waals surface area contributed by atoms with Gasteiger partial charge in [-0.3, -0.25) is 4.21 Å². The van der Waals surface area contributed by atoms with E-state index in [4.69, 9.17) is 5.73 Å². The average molecular weight is 364 g/mol. The zero-order chi connectivity index (χ0) is 14.8. The maximum absolute atomic E-state index is 12.9. The van der Waals surface area contributed by atoms with E-state index in [2.05, 4.69) is 34.1 Å². The summed E-state index contributed by atoms with van der Waals surface area (Å²) in [5.74, 6) is 0. The maximum atomic E-state index is 12.9. The topological polar surface area (TPSA) is 43.1 Å². The van der Waals surface area contributed by atoms with Crippen molar-refractivity contribution in [1.29, 1.82) is 0 Å². The SMILES string of the molecule is NC1c2ccccc2CCCC1S(=O)c1ccc(Br)cc1. The summed E-state index contributed by atoms with van der Waals surface area (Å²) in [4.78, 5) is 0.859. The minimum absolute atomic E-state index is 0.0187. The lowest BCUT2D eigenvalue weighted by molar-refractivity contribution is 0.597. The first kappa shape index (κ1) is 14.9. The van der Waals surface area contributed by atoms with E-state index in [-0.39, 0.29) is 11.3 Å². The number of rotatable bonds is 2. The molecule has 3 rings (SSSR count). The lowest BCUT2D eigenvalue weighted by atomic mass is 10.00. The van der Waals surface area contributed by atoms with Gasteiger partial charge < -0.3 is 5.73 Å². The molecule has 110 valence electrons. The molecule has 2 nitrogen and oxygen atoms in total. The summed E-state index contributed by atoms with van der Waals surface area (Å²) in [6.45, 7) is 0. The Morgan fingerprint density at radius 2 is 1.81 bits per heavy atom. The molecule has 0 fully saturated rings. The summed E-state index contributed by atoms with van der Waals surface area (Å²) in [5, 5.41) is -0.0187. The van der Waals surface area contributed by atoms with Crippen molar-refractivity contribution >= 4 is 26.7 Å². The summed E-state index contributed by atoms with van der Waals surface area (Å²) < 4.78 is 13.9. The molecule has 2 aromatic rings. The Hall–Kier alpha value is -0.970. The van der Waals surface area contributed by atoms with Gasteiger partial charge in [-0.15, -0.1) is 0 Å². The molecule has 21 heavy (non-hydrogen) atoms. The largest absolute Gasteiger partial charge is 0.323 e. The molecular weight excluding hydrogens is 346 g/mol. The number of hydrogen-bond acceptors (Lipinski definition) is 2. The van der Waals surface area contributed by atoms with Gasteiger partial charge in [-0.05, 0) is 54.7 Å². The van der Waals surface area contributed by atoms with Gasteiger partial charge in [0.2, 0.25) is 0 Å². The van der Waals surface area contributed by atoms with Crippen LogP contribution in [0.15, 0.2) is 57.9 Å². The van der Waals surface area contributed by atoms with E-state index in [1.807, 2.05) is 30.3 Å². The van der Waals surface area contributed by atoms with E-state index in [0.29, 0.717) is 0 Å². The van der Waals surface area contributed by atoms with E-state index in [0.717, 1.165) is 34.2 Å². The lowest BCUT2D eigenvalue weighted by Gasteiger charge is -2.22. The first-order valence-corrected chi connectivity index (χ1v) is 9.17. The van der Waals surface area contributed by atoms with Crippen molar-refractivity contribution in [1.82, 2.24) is 0 Å². The molecule has 0 saturated heterocycles. The molecule has 0 amide bonds. The Morgan fingerprint density at radius 3 is 2.57 bits per heavy atom. The molecule has 0 bridgehead atoms. The summed E-state index contributed by atoms with van der Waals surface area (Å²) >= 11 is 3.41. The zero-order valence-electron chi connectivity index (χ0n) is 11.7. The third-order valence-corrected chi connectivity index (χ3v) is 6.41. The quantitative estimate of drug-likeness (QED) is 0.820. The van der Waals surface area contributed by atoms with Crippen LogP contribution in [0.1, 0.15) is 30.0 Å². The van der Waals surface area contributed by atoms with Crippen molar-refractivity contribution in [3.05, 3.63) is 64.1 Å². The molecule has 3 unspecified atom stereocenters. The average Bonchev–Trinajstić information content (AvgIpc) is 2.67. The van der Waals surface area contributed by atoms with Crippen LogP contribution in [-0.2, 0) is 17.2 Å². The second-order valence-corrected chi connectivity index (χ2v) is 7.99. The van der Waals surface area contributed by atoms with Crippen LogP contribution in [0.2, 0.25) is 0 Å². The molecular formula is C17H18BrNOS. The Bertz CT molecular complexity index is 656. The van der Waals surface area contributed by atoms with Gasteiger partial charge in [-0.2, -0.15) is 0 Å². The fraction of sp³-hybridized carbons (Fsp3) is 0.294. The molecule has 0 aromatic heterocycles. The number of nitrogens with two attached hydrogens (primary N) is 1. The molecule has 2 N–H and O–H groups in total. The highest BCUT2D eigenvalue weighted by Gasteiger charge is 2.29. The van der Waals surface area contributed by atoms with E-state index in [1.54, 1.807) is 0 Å². The van der Waals surface area contributed by atoms with Crippen molar-refractivity contribution in [3.63, 3.8) is 0 Å². The van der Waals surface area contributed by atoms with Gasteiger partial charge in [0.05, 0.1) is 16.0 Å². The monoisotopic (exact) mass is 363 g/mol. The van der Waals surface area contributed by atoms with Crippen molar-refractivity contribution in [2.24, 2.45) is 5.73 Å². The highest BCUT2D eigenvalue weighted by molar-refractivity contribution is 9.10. The predicted molar refractivity (Wildman–Crippen MR) is 90.6 cm³/mol. The van der Waals surface area contributed by atoms with Crippen molar-refractivity contribution in [2.45, 2.75) is 35.4 Å². The van der Waals surface area contributed by atoms with Crippen LogP contribution in [0, 0.1) is 0 Å². The molecule has 0 aliphatic heterocycles.